The van der Waals surface area contributed by atoms with Crippen LogP contribution in [0.15, 0.2) is 71.7 Å². The monoisotopic (exact) mass is 393 g/mol. The lowest BCUT2D eigenvalue weighted by molar-refractivity contribution is -0.141. The van der Waals surface area contributed by atoms with Crippen LogP contribution in [0.1, 0.15) is 5.56 Å². The zero-order chi connectivity index (χ0) is 20.5. The van der Waals surface area contributed by atoms with E-state index < -0.39 is 5.97 Å². The van der Waals surface area contributed by atoms with E-state index in [0.29, 0.717) is 25.5 Å². The van der Waals surface area contributed by atoms with Crippen LogP contribution < -0.4 is 10.9 Å². The molecule has 2 aromatic carbocycles. The van der Waals surface area contributed by atoms with Crippen LogP contribution in [-0.4, -0.2) is 35.8 Å². The number of carbonyl (C=O) groups is 1. The van der Waals surface area contributed by atoms with E-state index in [9.17, 15) is 9.59 Å². The Morgan fingerprint density at radius 3 is 2.45 bits per heavy atom. The van der Waals surface area contributed by atoms with Crippen molar-refractivity contribution in [3.63, 3.8) is 0 Å². The number of nitrogens with zero attached hydrogens (tertiary/aromatic N) is 2. The van der Waals surface area contributed by atoms with Crippen molar-refractivity contribution >= 4 is 11.8 Å². The molecule has 7 heteroatoms. The van der Waals surface area contributed by atoms with Crippen LogP contribution in [0.4, 0.5) is 5.82 Å². The van der Waals surface area contributed by atoms with Crippen molar-refractivity contribution in [1.29, 1.82) is 0 Å². The summed E-state index contributed by atoms with van der Waals surface area (Å²) in [4.78, 5) is 29.0. The number of nitrogens with one attached hydrogen (secondary N) is 1. The van der Waals surface area contributed by atoms with Crippen LogP contribution in [0.25, 0.3) is 11.3 Å². The van der Waals surface area contributed by atoms with Gasteiger partial charge in [-0.05, 0) is 11.1 Å². The molecule has 1 N–H and O–H groups in total. The van der Waals surface area contributed by atoms with Crippen molar-refractivity contribution in [2.24, 2.45) is 0 Å². The van der Waals surface area contributed by atoms with Crippen molar-refractivity contribution in [2.45, 2.75) is 13.2 Å². The Bertz CT molecular complexity index is 988. The summed E-state index contributed by atoms with van der Waals surface area (Å²) in [5.41, 5.74) is 2.03. The lowest BCUT2D eigenvalue weighted by Crippen LogP contribution is -2.30. The summed E-state index contributed by atoms with van der Waals surface area (Å²) in [5.74, 6) is -0.343. The van der Waals surface area contributed by atoms with Crippen LogP contribution >= 0.6 is 0 Å². The average Bonchev–Trinajstić information content (AvgIpc) is 2.77. The van der Waals surface area contributed by atoms with Crippen LogP contribution in [0, 0.1) is 0 Å². The van der Waals surface area contributed by atoms with Gasteiger partial charge in [-0.25, -0.2) is 4.98 Å². The molecule has 3 aromatic rings. The molecule has 7 nitrogen and oxygen atoms in total. The highest BCUT2D eigenvalue weighted by Gasteiger charge is 2.15. The SMILES string of the molecule is COC(=O)Cn1c(-c2ccccc2)cnc(NCCOCc2ccccc2)c1=O. The van der Waals surface area contributed by atoms with Gasteiger partial charge in [0.25, 0.3) is 5.56 Å². The molecule has 0 radical (unpaired) electrons. The average molecular weight is 393 g/mol. The molecule has 29 heavy (non-hydrogen) atoms. The lowest BCUT2D eigenvalue weighted by atomic mass is 10.1. The van der Waals surface area contributed by atoms with Gasteiger partial charge in [-0.1, -0.05) is 60.7 Å². The van der Waals surface area contributed by atoms with Crippen LogP contribution in [0.3, 0.4) is 0 Å². The Balaban J connectivity index is 1.69. The zero-order valence-corrected chi connectivity index (χ0v) is 16.2. The molecule has 0 unspecified atom stereocenters. The van der Waals surface area contributed by atoms with Crippen LogP contribution in [0.5, 0.6) is 0 Å². The van der Waals surface area contributed by atoms with E-state index in [2.05, 4.69) is 10.3 Å². The van der Waals surface area contributed by atoms with Crippen molar-refractivity contribution < 1.29 is 14.3 Å². The van der Waals surface area contributed by atoms with Crippen molar-refractivity contribution in [1.82, 2.24) is 9.55 Å². The van der Waals surface area contributed by atoms with Gasteiger partial charge >= 0.3 is 5.97 Å². The normalized spacial score (nSPS) is 10.5. The minimum Gasteiger partial charge on any atom is -0.468 e. The number of ether oxygens (including phenoxy) is 2. The fourth-order valence-electron chi connectivity index (χ4n) is 2.80. The molecule has 1 heterocycles. The smallest absolute Gasteiger partial charge is 0.325 e. The van der Waals surface area contributed by atoms with Gasteiger partial charge in [-0.2, -0.15) is 0 Å². The molecule has 0 aliphatic heterocycles. The molecular weight excluding hydrogens is 370 g/mol. The third-order valence-corrected chi connectivity index (χ3v) is 4.29. The van der Waals surface area contributed by atoms with E-state index in [1.165, 1.54) is 11.7 Å². The summed E-state index contributed by atoms with van der Waals surface area (Å²) in [6.07, 6.45) is 1.58. The summed E-state index contributed by atoms with van der Waals surface area (Å²) in [5, 5.41) is 2.99. The number of esters is 1. The molecular formula is C22H23N3O4. The Morgan fingerprint density at radius 2 is 1.76 bits per heavy atom. The van der Waals surface area contributed by atoms with Crippen LogP contribution in [0.2, 0.25) is 0 Å². The molecule has 3 rings (SSSR count). The summed E-state index contributed by atoms with van der Waals surface area (Å²) in [7, 11) is 1.29. The van der Waals surface area contributed by atoms with Crippen molar-refractivity contribution in [2.75, 3.05) is 25.6 Å². The second kappa shape index (κ2) is 10.2. The summed E-state index contributed by atoms with van der Waals surface area (Å²) >= 11 is 0. The van der Waals surface area contributed by atoms with E-state index in [4.69, 9.17) is 9.47 Å². The highest BCUT2D eigenvalue weighted by atomic mass is 16.5. The molecule has 0 spiro atoms. The van der Waals surface area contributed by atoms with Gasteiger partial charge in [0.1, 0.15) is 6.54 Å². The van der Waals surface area contributed by atoms with Gasteiger partial charge < -0.3 is 14.8 Å². The Hall–Kier alpha value is -3.45. The summed E-state index contributed by atoms with van der Waals surface area (Å²) < 4.78 is 11.7. The molecule has 0 fully saturated rings. The third kappa shape index (κ3) is 5.52. The van der Waals surface area contributed by atoms with Gasteiger partial charge in [0.2, 0.25) is 0 Å². The number of anilines is 1. The summed E-state index contributed by atoms with van der Waals surface area (Å²) in [6.45, 7) is 1.13. The Labute approximate surface area is 168 Å². The largest absolute Gasteiger partial charge is 0.468 e. The predicted octanol–water partition coefficient (Wildman–Crippen LogP) is 2.71. The zero-order valence-electron chi connectivity index (χ0n) is 16.2. The number of hydrogen-bond acceptors (Lipinski definition) is 6. The predicted molar refractivity (Wildman–Crippen MR) is 111 cm³/mol. The van der Waals surface area contributed by atoms with Crippen molar-refractivity contribution in [3.05, 3.63) is 82.8 Å². The van der Waals surface area contributed by atoms with Gasteiger partial charge in [0.05, 0.1) is 32.2 Å². The van der Waals surface area contributed by atoms with Crippen LogP contribution in [-0.2, 0) is 27.4 Å². The Morgan fingerprint density at radius 1 is 1.07 bits per heavy atom. The molecule has 0 amide bonds. The van der Waals surface area contributed by atoms with E-state index in [0.717, 1.165) is 11.1 Å². The Kier molecular flexibility index (Phi) is 7.13. The number of benzene rings is 2. The van der Waals surface area contributed by atoms with Crippen molar-refractivity contribution in [3.8, 4) is 11.3 Å². The maximum Gasteiger partial charge on any atom is 0.325 e. The first-order valence-corrected chi connectivity index (χ1v) is 9.26. The minimum atomic E-state index is -0.507. The molecule has 0 aliphatic rings. The maximum atomic E-state index is 12.9. The summed E-state index contributed by atoms with van der Waals surface area (Å²) in [6, 6.07) is 19.2. The van der Waals surface area contributed by atoms with Gasteiger partial charge in [-0.15, -0.1) is 0 Å². The van der Waals surface area contributed by atoms with E-state index >= 15 is 0 Å². The number of rotatable bonds is 9. The molecule has 150 valence electrons. The molecule has 0 saturated heterocycles. The van der Waals surface area contributed by atoms with E-state index in [1.807, 2.05) is 60.7 Å². The second-order valence-electron chi connectivity index (χ2n) is 6.29. The number of carbonyl (C=O) groups excluding carboxylic acids is 1. The fraction of sp³-hybridized carbons (Fsp3) is 0.227. The standard InChI is InChI=1S/C22H23N3O4/c1-28-20(26)15-25-19(18-10-6-3-7-11-18)14-24-21(22(25)27)23-12-13-29-16-17-8-4-2-5-9-17/h2-11,14H,12-13,15-16H2,1H3,(H,23,24). The second-order valence-corrected chi connectivity index (χ2v) is 6.29. The molecule has 1 aromatic heterocycles. The van der Waals surface area contributed by atoms with Gasteiger partial charge in [0.15, 0.2) is 5.82 Å². The first-order chi connectivity index (χ1) is 14.2. The first kappa shape index (κ1) is 20.3. The van der Waals surface area contributed by atoms with E-state index in [1.54, 1.807) is 6.20 Å². The van der Waals surface area contributed by atoms with Gasteiger partial charge in [-0.3, -0.25) is 14.2 Å². The van der Waals surface area contributed by atoms with Gasteiger partial charge in [0, 0.05) is 6.54 Å². The minimum absolute atomic E-state index is 0.164. The fourth-order valence-corrected chi connectivity index (χ4v) is 2.80. The quantitative estimate of drug-likeness (QED) is 0.445. The molecule has 0 aliphatic carbocycles. The lowest BCUT2D eigenvalue weighted by Gasteiger charge is -2.14. The number of aromatic nitrogens is 2. The molecule has 0 bridgehead atoms. The third-order valence-electron chi connectivity index (χ3n) is 4.29. The maximum absolute atomic E-state index is 12.9. The number of hydrogen-bond donors (Lipinski definition) is 1. The highest BCUT2D eigenvalue weighted by molar-refractivity contribution is 5.71. The molecule has 0 saturated carbocycles. The number of methoxy groups -OCH3 is 1. The first-order valence-electron chi connectivity index (χ1n) is 9.26. The highest BCUT2D eigenvalue weighted by Crippen LogP contribution is 2.17. The van der Waals surface area contributed by atoms with E-state index in [-0.39, 0.29) is 17.9 Å². The molecule has 0 atom stereocenters. The topological polar surface area (TPSA) is 82.5 Å².